The predicted octanol–water partition coefficient (Wildman–Crippen LogP) is 3.18. The summed E-state index contributed by atoms with van der Waals surface area (Å²) in [5.41, 5.74) is 0. The topological polar surface area (TPSA) is 0 Å². The molecule has 0 rings (SSSR count). The molecule has 0 bridgehead atoms. The molecule has 0 aromatic rings. The average molecular weight is 309 g/mol. The third kappa shape index (κ3) is 4.33. The van der Waals surface area contributed by atoms with Crippen molar-refractivity contribution in [3.8, 4) is 0 Å². The molecule has 50 valence electrons. The second-order valence-electron chi connectivity index (χ2n) is 1.65. The van der Waals surface area contributed by atoms with Crippen LogP contribution in [0, 0.1) is 5.92 Å². The summed E-state index contributed by atoms with van der Waals surface area (Å²) in [5.74, 6) is 0.786. The lowest BCUT2D eigenvalue weighted by molar-refractivity contribution is 0.666. The Bertz CT molecular complexity index is 42.9. The maximum atomic E-state index is 3.43. The van der Waals surface area contributed by atoms with Gasteiger partial charge in [-0.2, -0.15) is 0 Å². The zero-order valence-corrected chi connectivity index (χ0v) is 9.30. The summed E-state index contributed by atoms with van der Waals surface area (Å²) in [6.45, 7) is 0. The van der Waals surface area contributed by atoms with E-state index in [1.54, 1.807) is 0 Å². The maximum absolute atomic E-state index is 3.43. The third-order valence-electron chi connectivity index (χ3n) is 0.954. The van der Waals surface area contributed by atoms with Crippen molar-refractivity contribution in [2.24, 2.45) is 5.92 Å². The van der Waals surface area contributed by atoms with Gasteiger partial charge in [-0.3, -0.25) is 0 Å². The van der Waals surface area contributed by atoms with Crippen molar-refractivity contribution >= 4 is 47.8 Å². The van der Waals surface area contributed by atoms with Gasteiger partial charge in [0.2, 0.25) is 0 Å². The van der Waals surface area contributed by atoms with Crippen LogP contribution in [0.2, 0.25) is 0 Å². The van der Waals surface area contributed by atoms with E-state index in [4.69, 9.17) is 0 Å². The first kappa shape index (κ1) is 9.44. The van der Waals surface area contributed by atoms with Gasteiger partial charge in [-0.15, -0.1) is 0 Å². The highest BCUT2D eigenvalue weighted by molar-refractivity contribution is 9.10. The van der Waals surface area contributed by atoms with Crippen LogP contribution in [-0.4, -0.2) is 16.0 Å². The van der Waals surface area contributed by atoms with Crippen LogP contribution in [0.15, 0.2) is 0 Å². The molecule has 0 atom stereocenters. The SMILES string of the molecule is BrCCC(CBr)CBr. The Labute approximate surface area is 75.8 Å². The predicted molar refractivity (Wildman–Crippen MR) is 49.5 cm³/mol. The highest BCUT2D eigenvalue weighted by Crippen LogP contribution is 2.10. The van der Waals surface area contributed by atoms with Gasteiger partial charge in [0.1, 0.15) is 0 Å². The van der Waals surface area contributed by atoms with E-state index in [9.17, 15) is 0 Å². The maximum Gasteiger partial charge on any atom is 0.00679 e. The van der Waals surface area contributed by atoms with Crippen LogP contribution in [0.3, 0.4) is 0 Å². The highest BCUT2D eigenvalue weighted by Gasteiger charge is 2.01. The highest BCUT2D eigenvalue weighted by atomic mass is 79.9. The quantitative estimate of drug-likeness (QED) is 0.700. The summed E-state index contributed by atoms with van der Waals surface area (Å²) >= 11 is 10.2. The van der Waals surface area contributed by atoms with Gasteiger partial charge in [0, 0.05) is 16.0 Å². The minimum absolute atomic E-state index is 0.786. The summed E-state index contributed by atoms with van der Waals surface area (Å²) in [6.07, 6.45) is 1.25. The van der Waals surface area contributed by atoms with Crippen molar-refractivity contribution in [3.05, 3.63) is 0 Å². The second kappa shape index (κ2) is 6.56. The van der Waals surface area contributed by atoms with Gasteiger partial charge in [0.25, 0.3) is 0 Å². The number of halogens is 3. The van der Waals surface area contributed by atoms with E-state index in [0.29, 0.717) is 0 Å². The van der Waals surface area contributed by atoms with Crippen molar-refractivity contribution < 1.29 is 0 Å². The fraction of sp³-hybridized carbons (Fsp3) is 1.00. The van der Waals surface area contributed by atoms with Gasteiger partial charge in [0.05, 0.1) is 0 Å². The van der Waals surface area contributed by atoms with Gasteiger partial charge < -0.3 is 0 Å². The van der Waals surface area contributed by atoms with E-state index in [1.165, 1.54) is 6.42 Å². The number of hydrogen-bond acceptors (Lipinski definition) is 0. The van der Waals surface area contributed by atoms with E-state index in [-0.39, 0.29) is 0 Å². The monoisotopic (exact) mass is 306 g/mol. The molecule has 8 heavy (non-hydrogen) atoms. The summed E-state index contributed by atoms with van der Waals surface area (Å²) in [4.78, 5) is 0. The van der Waals surface area contributed by atoms with Crippen LogP contribution in [0.25, 0.3) is 0 Å². The Balaban J connectivity index is 3.07. The smallest absolute Gasteiger partial charge is 0.00679 e. The summed E-state index contributed by atoms with van der Waals surface area (Å²) < 4.78 is 0. The minimum atomic E-state index is 0.786. The van der Waals surface area contributed by atoms with Crippen LogP contribution in [-0.2, 0) is 0 Å². The molecule has 0 spiro atoms. The van der Waals surface area contributed by atoms with E-state index in [2.05, 4.69) is 47.8 Å². The van der Waals surface area contributed by atoms with Crippen LogP contribution in [0.5, 0.6) is 0 Å². The molecule has 0 unspecified atom stereocenters. The first-order valence-corrected chi connectivity index (χ1v) is 5.89. The molecule has 0 aromatic heterocycles. The first-order valence-electron chi connectivity index (χ1n) is 2.53. The lowest BCUT2D eigenvalue weighted by Gasteiger charge is -2.05. The number of rotatable bonds is 4. The van der Waals surface area contributed by atoms with Gasteiger partial charge in [-0.25, -0.2) is 0 Å². The molecule has 0 heterocycles. The summed E-state index contributed by atoms with van der Waals surface area (Å²) in [6, 6.07) is 0. The minimum Gasteiger partial charge on any atom is -0.0928 e. The van der Waals surface area contributed by atoms with E-state index < -0.39 is 0 Å². The molecular formula is C5H9Br3. The zero-order valence-electron chi connectivity index (χ0n) is 4.54. The van der Waals surface area contributed by atoms with Crippen molar-refractivity contribution in [2.45, 2.75) is 6.42 Å². The molecule has 0 saturated carbocycles. The lowest BCUT2D eigenvalue weighted by Crippen LogP contribution is -2.03. The largest absolute Gasteiger partial charge is 0.0928 e. The molecule has 0 saturated heterocycles. The van der Waals surface area contributed by atoms with Crippen LogP contribution in [0.1, 0.15) is 6.42 Å². The molecule has 0 aromatic carbocycles. The molecule has 0 amide bonds. The number of alkyl halides is 3. The Morgan fingerprint density at radius 2 is 1.50 bits per heavy atom. The Kier molecular flexibility index (Phi) is 7.74. The first-order chi connectivity index (χ1) is 3.85. The lowest BCUT2D eigenvalue weighted by atomic mass is 10.2. The third-order valence-corrected chi connectivity index (χ3v) is 3.24. The van der Waals surface area contributed by atoms with Crippen LogP contribution in [0.4, 0.5) is 0 Å². The summed E-state index contributed by atoms with van der Waals surface area (Å²) in [5, 5.41) is 3.31. The normalized spacial score (nSPS) is 10.5. The van der Waals surface area contributed by atoms with E-state index >= 15 is 0 Å². The van der Waals surface area contributed by atoms with Crippen molar-refractivity contribution in [2.75, 3.05) is 16.0 Å². The Hall–Kier alpha value is 1.44. The van der Waals surface area contributed by atoms with Gasteiger partial charge >= 0.3 is 0 Å². The molecule has 0 radical (unpaired) electrons. The molecule has 3 heteroatoms. The Morgan fingerprint density at radius 3 is 1.62 bits per heavy atom. The van der Waals surface area contributed by atoms with E-state index in [1.807, 2.05) is 0 Å². The molecule has 0 fully saturated rings. The molecule has 0 aliphatic rings. The van der Waals surface area contributed by atoms with Gasteiger partial charge in [-0.1, -0.05) is 47.8 Å². The van der Waals surface area contributed by atoms with E-state index in [0.717, 1.165) is 21.9 Å². The molecule has 0 N–H and O–H groups in total. The van der Waals surface area contributed by atoms with Crippen molar-refractivity contribution in [3.63, 3.8) is 0 Å². The molecule has 0 aliphatic carbocycles. The van der Waals surface area contributed by atoms with Gasteiger partial charge in [-0.05, 0) is 12.3 Å². The standard InChI is InChI=1S/C5H9Br3/c6-2-1-5(3-7)4-8/h5H,1-4H2. The van der Waals surface area contributed by atoms with Crippen molar-refractivity contribution in [1.29, 1.82) is 0 Å². The van der Waals surface area contributed by atoms with Crippen LogP contribution < -0.4 is 0 Å². The molecule has 0 aliphatic heterocycles. The average Bonchev–Trinajstić information content (AvgIpc) is 1.83. The Morgan fingerprint density at radius 1 is 1.00 bits per heavy atom. The van der Waals surface area contributed by atoms with Crippen LogP contribution >= 0.6 is 47.8 Å². The number of hydrogen-bond donors (Lipinski definition) is 0. The molecule has 0 nitrogen and oxygen atoms in total. The fourth-order valence-corrected chi connectivity index (χ4v) is 2.72. The zero-order chi connectivity index (χ0) is 6.41. The molecular weight excluding hydrogens is 300 g/mol. The summed E-state index contributed by atoms with van der Waals surface area (Å²) in [7, 11) is 0. The van der Waals surface area contributed by atoms with Crippen molar-refractivity contribution in [1.82, 2.24) is 0 Å². The second-order valence-corrected chi connectivity index (χ2v) is 3.74. The fourth-order valence-electron chi connectivity index (χ4n) is 0.350. The van der Waals surface area contributed by atoms with Gasteiger partial charge in [0.15, 0.2) is 0 Å².